The second-order valence-electron chi connectivity index (χ2n) is 7.67. The number of hydrogen-bond donors (Lipinski definition) is 1. The van der Waals surface area contributed by atoms with Crippen LogP contribution in [0.2, 0.25) is 0 Å². The van der Waals surface area contributed by atoms with Crippen molar-refractivity contribution < 1.29 is 18.4 Å². The Labute approximate surface area is 180 Å². The Kier molecular flexibility index (Phi) is 6.57. The van der Waals surface area contributed by atoms with Gasteiger partial charge in [-0.25, -0.2) is 4.39 Å². The van der Waals surface area contributed by atoms with E-state index in [1.807, 2.05) is 24.3 Å². The van der Waals surface area contributed by atoms with E-state index < -0.39 is 0 Å². The summed E-state index contributed by atoms with van der Waals surface area (Å²) in [5.41, 5.74) is 1.60. The fourth-order valence-corrected chi connectivity index (χ4v) is 3.75. The van der Waals surface area contributed by atoms with Crippen molar-refractivity contribution in [2.24, 2.45) is 0 Å². The first-order chi connectivity index (χ1) is 15.1. The fraction of sp³-hybridized carbons (Fsp3) is 0.348. The molecule has 0 bridgehead atoms. The van der Waals surface area contributed by atoms with Gasteiger partial charge in [0.25, 0.3) is 0 Å². The Hall–Kier alpha value is -3.26. The summed E-state index contributed by atoms with van der Waals surface area (Å²) in [6, 6.07) is 13.7. The zero-order valence-electron chi connectivity index (χ0n) is 17.4. The van der Waals surface area contributed by atoms with Gasteiger partial charge in [-0.05, 0) is 49.2 Å². The zero-order valence-corrected chi connectivity index (χ0v) is 17.4. The summed E-state index contributed by atoms with van der Waals surface area (Å²) in [5, 5.41) is 6.97. The number of hydrogen-bond acceptors (Lipinski definition) is 6. The molecule has 8 heteroatoms. The maximum absolute atomic E-state index is 13.5. The molecule has 2 aromatic carbocycles. The summed E-state index contributed by atoms with van der Waals surface area (Å²) in [4.78, 5) is 19.0. The number of benzene rings is 2. The molecule has 2 heterocycles. The third-order valence-electron chi connectivity index (χ3n) is 5.40. The van der Waals surface area contributed by atoms with Crippen LogP contribution in [0.25, 0.3) is 11.4 Å². The van der Waals surface area contributed by atoms with Crippen molar-refractivity contribution in [1.29, 1.82) is 0 Å². The van der Waals surface area contributed by atoms with E-state index in [1.165, 1.54) is 12.1 Å². The Morgan fingerprint density at radius 2 is 2.13 bits per heavy atom. The van der Waals surface area contributed by atoms with Gasteiger partial charge in [0.1, 0.15) is 11.6 Å². The van der Waals surface area contributed by atoms with Crippen LogP contribution in [0.3, 0.4) is 0 Å². The number of halogens is 1. The topological polar surface area (TPSA) is 80.5 Å². The highest BCUT2D eigenvalue weighted by molar-refractivity contribution is 5.78. The molecule has 1 aliphatic rings. The Bertz CT molecular complexity index is 1020. The number of likely N-dealkylation sites (tertiary alicyclic amines) is 1. The summed E-state index contributed by atoms with van der Waals surface area (Å²) in [6.07, 6.45) is 1.85. The second kappa shape index (κ2) is 9.70. The third kappa shape index (κ3) is 5.46. The monoisotopic (exact) mass is 424 g/mol. The Morgan fingerprint density at radius 1 is 1.29 bits per heavy atom. The van der Waals surface area contributed by atoms with Crippen LogP contribution in [0.5, 0.6) is 5.75 Å². The number of amides is 1. The number of nitrogens with zero attached hydrogens (tertiary/aromatic N) is 3. The molecular weight excluding hydrogens is 399 g/mol. The highest BCUT2D eigenvalue weighted by Gasteiger charge is 2.27. The summed E-state index contributed by atoms with van der Waals surface area (Å²) in [5.74, 6) is 1.39. The first-order valence-electron chi connectivity index (χ1n) is 10.3. The van der Waals surface area contributed by atoms with Gasteiger partial charge in [0, 0.05) is 18.7 Å². The number of aromatic nitrogens is 2. The van der Waals surface area contributed by atoms with Crippen molar-refractivity contribution in [3.63, 3.8) is 0 Å². The van der Waals surface area contributed by atoms with Crippen molar-refractivity contribution >= 4 is 5.91 Å². The van der Waals surface area contributed by atoms with Crippen molar-refractivity contribution in [2.45, 2.75) is 25.3 Å². The Morgan fingerprint density at radius 3 is 2.90 bits per heavy atom. The molecule has 4 rings (SSSR count). The van der Waals surface area contributed by atoms with Crippen molar-refractivity contribution in [3.8, 4) is 17.1 Å². The number of ether oxygens (including phenoxy) is 1. The SMILES string of the molecule is COc1ccc(CNC(=O)CN2CCCC(c3nc(-c4cccc(F)c4)no3)C2)cc1. The number of methoxy groups -OCH3 is 1. The molecule has 1 amide bonds. The molecule has 1 atom stereocenters. The lowest BCUT2D eigenvalue weighted by Gasteiger charge is -2.30. The number of nitrogens with one attached hydrogen (secondary N) is 1. The lowest BCUT2D eigenvalue weighted by Crippen LogP contribution is -2.41. The molecule has 162 valence electrons. The van der Waals surface area contributed by atoms with Crippen LogP contribution in [0, 0.1) is 5.82 Å². The maximum atomic E-state index is 13.5. The first-order valence-corrected chi connectivity index (χ1v) is 10.3. The lowest BCUT2D eigenvalue weighted by molar-refractivity contribution is -0.122. The third-order valence-corrected chi connectivity index (χ3v) is 5.40. The van der Waals surface area contributed by atoms with Crippen LogP contribution in [0.15, 0.2) is 53.1 Å². The predicted molar refractivity (Wildman–Crippen MR) is 113 cm³/mol. The van der Waals surface area contributed by atoms with E-state index in [0.29, 0.717) is 36.9 Å². The number of carbonyl (C=O) groups excluding carboxylic acids is 1. The summed E-state index contributed by atoms with van der Waals surface area (Å²) < 4.78 is 24.1. The normalized spacial score (nSPS) is 16.8. The van der Waals surface area contributed by atoms with E-state index >= 15 is 0 Å². The highest BCUT2D eigenvalue weighted by Crippen LogP contribution is 2.27. The van der Waals surface area contributed by atoms with Gasteiger partial charge in [0.2, 0.25) is 17.6 Å². The van der Waals surface area contributed by atoms with E-state index in [9.17, 15) is 9.18 Å². The van der Waals surface area contributed by atoms with E-state index in [0.717, 1.165) is 30.7 Å². The average molecular weight is 424 g/mol. The van der Waals surface area contributed by atoms with Gasteiger partial charge in [-0.15, -0.1) is 0 Å². The molecule has 31 heavy (non-hydrogen) atoms. The van der Waals surface area contributed by atoms with E-state index in [2.05, 4.69) is 20.4 Å². The van der Waals surface area contributed by atoms with Crippen LogP contribution < -0.4 is 10.1 Å². The minimum absolute atomic E-state index is 0.0255. The zero-order chi connectivity index (χ0) is 21.6. The molecule has 7 nitrogen and oxygen atoms in total. The largest absolute Gasteiger partial charge is 0.497 e. The standard InChI is InChI=1S/C23H25FN4O3/c1-30-20-9-7-16(8-10-20)13-25-21(29)15-28-11-3-5-18(14-28)23-26-22(27-31-23)17-4-2-6-19(24)12-17/h2,4,6-10,12,18H,3,5,11,13-15H2,1H3,(H,25,29). The van der Waals surface area contributed by atoms with Gasteiger partial charge in [-0.2, -0.15) is 4.98 Å². The maximum Gasteiger partial charge on any atom is 0.234 e. The van der Waals surface area contributed by atoms with Crippen LogP contribution in [0.1, 0.15) is 30.2 Å². The summed E-state index contributed by atoms with van der Waals surface area (Å²) in [6.45, 7) is 2.30. The highest BCUT2D eigenvalue weighted by atomic mass is 19.1. The Balaban J connectivity index is 1.30. The first kappa shape index (κ1) is 21.0. The fourth-order valence-electron chi connectivity index (χ4n) is 3.75. The molecule has 0 radical (unpaired) electrons. The molecule has 0 saturated carbocycles. The van der Waals surface area contributed by atoms with Crippen molar-refractivity contribution in [1.82, 2.24) is 20.4 Å². The van der Waals surface area contributed by atoms with Crippen LogP contribution in [0.4, 0.5) is 4.39 Å². The molecule has 3 aromatic rings. The van der Waals surface area contributed by atoms with Gasteiger partial charge in [0.15, 0.2) is 0 Å². The average Bonchev–Trinajstić information content (AvgIpc) is 3.29. The van der Waals surface area contributed by atoms with Crippen LogP contribution >= 0.6 is 0 Å². The quantitative estimate of drug-likeness (QED) is 0.626. The molecule has 1 unspecified atom stereocenters. The van der Waals surface area contributed by atoms with Gasteiger partial charge in [0.05, 0.1) is 19.6 Å². The van der Waals surface area contributed by atoms with Crippen LogP contribution in [-0.4, -0.2) is 47.7 Å². The predicted octanol–water partition coefficient (Wildman–Crippen LogP) is 3.38. The molecule has 1 fully saturated rings. The van der Waals surface area contributed by atoms with E-state index in [-0.39, 0.29) is 17.6 Å². The van der Waals surface area contributed by atoms with Gasteiger partial charge >= 0.3 is 0 Å². The second-order valence-corrected chi connectivity index (χ2v) is 7.67. The number of carbonyl (C=O) groups is 1. The molecule has 1 N–H and O–H groups in total. The summed E-state index contributed by atoms with van der Waals surface area (Å²) >= 11 is 0. The molecule has 1 saturated heterocycles. The summed E-state index contributed by atoms with van der Waals surface area (Å²) in [7, 11) is 1.62. The van der Waals surface area contributed by atoms with Crippen molar-refractivity contribution in [3.05, 3.63) is 65.8 Å². The van der Waals surface area contributed by atoms with Gasteiger partial charge in [-0.3, -0.25) is 9.69 Å². The minimum Gasteiger partial charge on any atom is -0.497 e. The molecule has 0 spiro atoms. The smallest absolute Gasteiger partial charge is 0.234 e. The minimum atomic E-state index is -0.339. The van der Waals surface area contributed by atoms with Gasteiger partial charge < -0.3 is 14.6 Å². The number of rotatable bonds is 7. The molecule has 0 aliphatic carbocycles. The van der Waals surface area contributed by atoms with Crippen molar-refractivity contribution in [2.75, 3.05) is 26.7 Å². The lowest BCUT2D eigenvalue weighted by atomic mass is 9.98. The molecule has 1 aliphatic heterocycles. The molecule has 1 aromatic heterocycles. The molecular formula is C23H25FN4O3. The van der Waals surface area contributed by atoms with Gasteiger partial charge in [-0.1, -0.05) is 29.4 Å². The van der Waals surface area contributed by atoms with E-state index in [1.54, 1.807) is 19.2 Å². The van der Waals surface area contributed by atoms with E-state index in [4.69, 9.17) is 9.26 Å². The number of piperidine rings is 1. The van der Waals surface area contributed by atoms with Crippen LogP contribution in [-0.2, 0) is 11.3 Å².